The first-order chi connectivity index (χ1) is 15.5. The Labute approximate surface area is 195 Å². The van der Waals surface area contributed by atoms with Crippen molar-refractivity contribution in [3.8, 4) is 0 Å². The zero-order valence-electron chi connectivity index (χ0n) is 18.7. The number of aryl methyl sites for hydroxylation is 4. The second-order valence-electron chi connectivity index (χ2n) is 7.63. The molecule has 0 radical (unpaired) electrons. The molecule has 0 aliphatic rings. The van der Waals surface area contributed by atoms with Gasteiger partial charge in [-0.2, -0.15) is 4.31 Å². The molecule has 2 amide bonds. The van der Waals surface area contributed by atoms with Crippen LogP contribution >= 0.6 is 11.3 Å². The summed E-state index contributed by atoms with van der Waals surface area (Å²) in [5.41, 5.74) is 6.00. The van der Waals surface area contributed by atoms with Gasteiger partial charge in [0.25, 0.3) is 11.5 Å². The number of sulfonamides is 1. The summed E-state index contributed by atoms with van der Waals surface area (Å²) in [7, 11) is -2.57. The van der Waals surface area contributed by atoms with Crippen molar-refractivity contribution in [1.29, 1.82) is 0 Å². The first-order valence-corrected chi connectivity index (χ1v) is 12.3. The van der Waals surface area contributed by atoms with E-state index < -0.39 is 28.4 Å². The largest absolute Gasteiger partial charge is 0.298 e. The standard InChI is InChI=1S/C21H25N5O5S2/c1-13-5-7-16(8-6-13)33(30,31)25(4)11-18(28)24-23-17(27)9-10-26-12-22-20-19(21(26)29)14(2)15(3)32-20/h5-8,12H,9-11H2,1-4H3,(H,23,27)(H,24,28). The number of hydrazine groups is 1. The fourth-order valence-corrected chi connectivity index (χ4v) is 5.18. The number of amides is 2. The number of carbonyl (C=O) groups excluding carboxylic acids is 2. The average Bonchev–Trinajstić information content (AvgIpc) is 3.06. The number of nitrogens with one attached hydrogen (secondary N) is 2. The van der Waals surface area contributed by atoms with E-state index in [2.05, 4.69) is 15.8 Å². The number of hydrogen-bond acceptors (Lipinski definition) is 7. The monoisotopic (exact) mass is 491 g/mol. The summed E-state index contributed by atoms with van der Waals surface area (Å²) in [5.74, 6) is -1.23. The molecule has 2 aromatic heterocycles. The number of benzene rings is 1. The van der Waals surface area contributed by atoms with Gasteiger partial charge in [-0.05, 0) is 38.5 Å². The molecule has 12 heteroatoms. The lowest BCUT2D eigenvalue weighted by Gasteiger charge is -2.17. The van der Waals surface area contributed by atoms with Gasteiger partial charge in [-0.1, -0.05) is 17.7 Å². The average molecular weight is 492 g/mol. The van der Waals surface area contributed by atoms with Gasteiger partial charge >= 0.3 is 0 Å². The smallest absolute Gasteiger partial charge is 0.262 e. The number of thiophene rings is 1. The van der Waals surface area contributed by atoms with Gasteiger partial charge in [0, 0.05) is 24.9 Å². The number of rotatable bonds is 7. The van der Waals surface area contributed by atoms with Crippen LogP contribution in [0.15, 0.2) is 40.3 Å². The lowest BCUT2D eigenvalue weighted by Crippen LogP contribution is -2.47. The molecule has 0 atom stereocenters. The molecule has 0 saturated carbocycles. The van der Waals surface area contributed by atoms with Crippen LogP contribution < -0.4 is 16.4 Å². The Morgan fingerprint density at radius 2 is 1.73 bits per heavy atom. The molecule has 3 aromatic rings. The summed E-state index contributed by atoms with van der Waals surface area (Å²) in [6.45, 7) is 5.23. The Balaban J connectivity index is 1.52. The number of likely N-dealkylation sites (N-methyl/N-ethyl adjacent to an activating group) is 1. The van der Waals surface area contributed by atoms with E-state index >= 15 is 0 Å². The van der Waals surface area contributed by atoms with Gasteiger partial charge in [-0.25, -0.2) is 13.4 Å². The molecule has 0 saturated heterocycles. The van der Waals surface area contributed by atoms with E-state index in [0.29, 0.717) is 10.2 Å². The zero-order chi connectivity index (χ0) is 24.3. The quantitative estimate of drug-likeness (QED) is 0.478. The van der Waals surface area contributed by atoms with Gasteiger partial charge in [0.05, 0.1) is 23.2 Å². The highest BCUT2D eigenvalue weighted by Gasteiger charge is 2.23. The van der Waals surface area contributed by atoms with Crippen LogP contribution in [-0.2, 0) is 26.2 Å². The van der Waals surface area contributed by atoms with E-state index in [9.17, 15) is 22.8 Å². The normalized spacial score (nSPS) is 11.7. The summed E-state index contributed by atoms with van der Waals surface area (Å²) in [6.07, 6.45) is 1.32. The van der Waals surface area contributed by atoms with E-state index in [0.717, 1.165) is 20.3 Å². The van der Waals surface area contributed by atoms with Gasteiger partial charge in [0.15, 0.2) is 0 Å². The molecule has 2 N–H and O–H groups in total. The minimum atomic E-state index is -3.84. The fourth-order valence-electron chi connectivity index (χ4n) is 3.07. The SMILES string of the molecule is Cc1ccc(S(=O)(=O)N(C)CC(=O)NNC(=O)CCn2cnc3sc(C)c(C)c3c2=O)cc1. The first-order valence-electron chi connectivity index (χ1n) is 10.1. The number of fused-ring (bicyclic) bond motifs is 1. The summed E-state index contributed by atoms with van der Waals surface area (Å²) < 4.78 is 27.3. The second-order valence-corrected chi connectivity index (χ2v) is 10.9. The third-order valence-electron chi connectivity index (χ3n) is 5.17. The van der Waals surface area contributed by atoms with Crippen LogP contribution in [0.25, 0.3) is 10.2 Å². The van der Waals surface area contributed by atoms with Crippen molar-refractivity contribution in [2.45, 2.75) is 38.6 Å². The van der Waals surface area contributed by atoms with E-state index in [4.69, 9.17) is 0 Å². The molecule has 0 spiro atoms. The van der Waals surface area contributed by atoms with Crippen molar-refractivity contribution >= 4 is 43.4 Å². The summed E-state index contributed by atoms with van der Waals surface area (Å²) >= 11 is 1.44. The maximum absolute atomic E-state index is 12.7. The summed E-state index contributed by atoms with van der Waals surface area (Å²) in [4.78, 5) is 42.9. The van der Waals surface area contributed by atoms with E-state index in [-0.39, 0.29) is 23.4 Å². The molecule has 33 heavy (non-hydrogen) atoms. The Bertz CT molecular complexity index is 1360. The van der Waals surface area contributed by atoms with Crippen LogP contribution in [-0.4, -0.2) is 47.7 Å². The highest BCUT2D eigenvalue weighted by atomic mass is 32.2. The van der Waals surface area contributed by atoms with Gasteiger partial charge < -0.3 is 0 Å². The molecule has 0 bridgehead atoms. The van der Waals surface area contributed by atoms with Crippen LogP contribution in [0.2, 0.25) is 0 Å². The van der Waals surface area contributed by atoms with Crippen LogP contribution in [0.1, 0.15) is 22.4 Å². The maximum atomic E-state index is 12.7. The Morgan fingerprint density at radius 1 is 1.09 bits per heavy atom. The topological polar surface area (TPSA) is 130 Å². The van der Waals surface area contributed by atoms with Crippen molar-refractivity contribution < 1.29 is 18.0 Å². The summed E-state index contributed by atoms with van der Waals surface area (Å²) in [6, 6.07) is 6.27. The third-order valence-corrected chi connectivity index (χ3v) is 8.11. The maximum Gasteiger partial charge on any atom is 0.262 e. The lowest BCUT2D eigenvalue weighted by molar-refractivity contribution is -0.129. The fraction of sp³-hybridized carbons (Fsp3) is 0.333. The molecule has 0 unspecified atom stereocenters. The Hall–Kier alpha value is -3.09. The van der Waals surface area contributed by atoms with Crippen LogP contribution in [0, 0.1) is 20.8 Å². The van der Waals surface area contributed by atoms with Gasteiger partial charge in [-0.3, -0.25) is 29.8 Å². The highest BCUT2D eigenvalue weighted by molar-refractivity contribution is 7.89. The molecule has 2 heterocycles. The predicted octanol–water partition coefficient (Wildman–Crippen LogP) is 1.24. The molecule has 10 nitrogen and oxygen atoms in total. The molecule has 1 aromatic carbocycles. The number of hydrogen-bond donors (Lipinski definition) is 2. The van der Waals surface area contributed by atoms with Crippen molar-refractivity contribution in [2.24, 2.45) is 0 Å². The number of nitrogens with zero attached hydrogens (tertiary/aromatic N) is 3. The van der Waals surface area contributed by atoms with Crippen molar-refractivity contribution in [3.05, 3.63) is 57.0 Å². The van der Waals surface area contributed by atoms with Crippen molar-refractivity contribution in [1.82, 2.24) is 24.7 Å². The van der Waals surface area contributed by atoms with Gasteiger partial charge in [-0.15, -0.1) is 11.3 Å². The third kappa shape index (κ3) is 5.46. The van der Waals surface area contributed by atoms with Crippen molar-refractivity contribution in [2.75, 3.05) is 13.6 Å². The van der Waals surface area contributed by atoms with Gasteiger partial charge in [0.1, 0.15) is 4.83 Å². The molecule has 0 aliphatic heterocycles. The zero-order valence-corrected chi connectivity index (χ0v) is 20.3. The lowest BCUT2D eigenvalue weighted by atomic mass is 10.2. The number of carbonyl (C=O) groups is 2. The minimum Gasteiger partial charge on any atom is -0.298 e. The van der Waals surface area contributed by atoms with E-state index in [1.165, 1.54) is 41.4 Å². The Kier molecular flexibility index (Phi) is 7.30. The minimum absolute atomic E-state index is 0.0690. The predicted molar refractivity (Wildman–Crippen MR) is 125 cm³/mol. The molecule has 3 rings (SSSR count). The van der Waals surface area contributed by atoms with E-state index in [1.54, 1.807) is 12.1 Å². The molecule has 0 fully saturated rings. The van der Waals surface area contributed by atoms with E-state index in [1.807, 2.05) is 20.8 Å². The highest BCUT2D eigenvalue weighted by Crippen LogP contribution is 2.25. The molecular formula is C21H25N5O5S2. The van der Waals surface area contributed by atoms with Gasteiger partial charge in [0.2, 0.25) is 15.9 Å². The second kappa shape index (κ2) is 9.81. The molecule has 0 aliphatic carbocycles. The van der Waals surface area contributed by atoms with Crippen molar-refractivity contribution in [3.63, 3.8) is 0 Å². The Morgan fingerprint density at radius 3 is 2.39 bits per heavy atom. The first kappa shape index (κ1) is 24.6. The molecule has 176 valence electrons. The summed E-state index contributed by atoms with van der Waals surface area (Å²) in [5, 5.41) is 0.548. The van der Waals surface area contributed by atoms with Crippen LogP contribution in [0.3, 0.4) is 0 Å². The van der Waals surface area contributed by atoms with Crippen LogP contribution in [0.4, 0.5) is 0 Å². The molecular weight excluding hydrogens is 466 g/mol. The van der Waals surface area contributed by atoms with Crippen LogP contribution in [0.5, 0.6) is 0 Å². The number of aromatic nitrogens is 2.